The van der Waals surface area contributed by atoms with Crippen molar-refractivity contribution in [1.82, 2.24) is 15.1 Å². The first-order valence-electron chi connectivity index (χ1n) is 4.88. The van der Waals surface area contributed by atoms with E-state index in [4.69, 9.17) is 5.26 Å². The highest BCUT2D eigenvalue weighted by Gasteiger charge is 1.94. The molecule has 0 unspecified atom stereocenters. The van der Waals surface area contributed by atoms with Crippen molar-refractivity contribution < 1.29 is 0 Å². The minimum atomic E-state index is 0.661. The molecule has 0 aliphatic heterocycles. The van der Waals surface area contributed by atoms with Crippen molar-refractivity contribution in [3.8, 4) is 6.07 Å². The fraction of sp³-hybridized carbons (Fsp3) is 0.600. The van der Waals surface area contributed by atoms with Crippen molar-refractivity contribution in [3.63, 3.8) is 0 Å². The summed E-state index contributed by atoms with van der Waals surface area (Å²) < 4.78 is 1.80. The highest BCUT2D eigenvalue weighted by molar-refractivity contribution is 5.02. The van der Waals surface area contributed by atoms with E-state index in [9.17, 15) is 0 Å². The molecule has 0 fully saturated rings. The molecule has 0 saturated carbocycles. The van der Waals surface area contributed by atoms with E-state index in [2.05, 4.69) is 16.5 Å². The molecule has 0 amide bonds. The number of nitrogens with one attached hydrogen (secondary N) is 1. The molecule has 0 aromatic carbocycles. The van der Waals surface area contributed by atoms with E-state index in [1.54, 1.807) is 4.68 Å². The molecule has 0 radical (unpaired) electrons. The molecule has 0 spiro atoms. The maximum Gasteiger partial charge on any atom is 0.0621 e. The van der Waals surface area contributed by atoms with Gasteiger partial charge in [-0.2, -0.15) is 10.4 Å². The lowest BCUT2D eigenvalue weighted by Gasteiger charge is -2.00. The first-order chi connectivity index (χ1) is 6.83. The third kappa shape index (κ3) is 4.06. The summed E-state index contributed by atoms with van der Waals surface area (Å²) >= 11 is 0. The van der Waals surface area contributed by atoms with Gasteiger partial charge in [-0.15, -0.1) is 0 Å². The Bertz CT molecular complexity index is 297. The number of aryl methyl sites for hydroxylation is 1. The quantitative estimate of drug-likeness (QED) is 0.689. The van der Waals surface area contributed by atoms with Crippen LogP contribution in [0.3, 0.4) is 0 Å². The number of hydrogen-bond donors (Lipinski definition) is 1. The molecule has 14 heavy (non-hydrogen) atoms. The van der Waals surface area contributed by atoms with Crippen LogP contribution < -0.4 is 5.32 Å². The van der Waals surface area contributed by atoms with E-state index >= 15 is 0 Å². The van der Waals surface area contributed by atoms with Crippen LogP contribution in [0.1, 0.15) is 24.8 Å². The topological polar surface area (TPSA) is 53.6 Å². The lowest BCUT2D eigenvalue weighted by Crippen LogP contribution is -2.14. The van der Waals surface area contributed by atoms with E-state index in [0.29, 0.717) is 6.42 Å². The summed E-state index contributed by atoms with van der Waals surface area (Å²) in [6.45, 7) is 1.83. The van der Waals surface area contributed by atoms with Crippen LogP contribution in [0.4, 0.5) is 0 Å². The van der Waals surface area contributed by atoms with Gasteiger partial charge >= 0.3 is 0 Å². The molecule has 4 nitrogen and oxygen atoms in total. The summed E-state index contributed by atoms with van der Waals surface area (Å²) in [4.78, 5) is 0. The molecular weight excluding hydrogens is 176 g/mol. The molecule has 1 N–H and O–H groups in total. The van der Waals surface area contributed by atoms with E-state index < -0.39 is 0 Å². The molecule has 1 aromatic rings. The summed E-state index contributed by atoms with van der Waals surface area (Å²) in [6.07, 6.45) is 6.57. The smallest absolute Gasteiger partial charge is 0.0621 e. The minimum Gasteiger partial charge on any atom is -0.313 e. The van der Waals surface area contributed by atoms with Gasteiger partial charge in [-0.05, 0) is 19.4 Å². The van der Waals surface area contributed by atoms with Gasteiger partial charge in [0.1, 0.15) is 0 Å². The van der Waals surface area contributed by atoms with Crippen LogP contribution in [0.5, 0.6) is 0 Å². The first kappa shape index (κ1) is 10.7. The van der Waals surface area contributed by atoms with Crippen LogP contribution in [0.25, 0.3) is 0 Å². The molecule has 1 rings (SSSR count). The minimum absolute atomic E-state index is 0.661. The van der Waals surface area contributed by atoms with Crippen LogP contribution in [0.15, 0.2) is 12.4 Å². The number of unbranched alkanes of at least 4 members (excludes halogenated alkanes) is 2. The largest absolute Gasteiger partial charge is 0.313 e. The highest BCUT2D eigenvalue weighted by Crippen LogP contribution is 1.96. The van der Waals surface area contributed by atoms with E-state index in [-0.39, 0.29) is 0 Å². The Hall–Kier alpha value is -1.34. The standard InChI is InChI=1S/C10H16N4/c1-14-9-10(8-13-14)7-12-6-4-2-3-5-11/h8-9,12H,2-4,6-7H2,1H3. The number of rotatable bonds is 6. The van der Waals surface area contributed by atoms with E-state index in [1.165, 1.54) is 5.56 Å². The Kier molecular flexibility index (Phi) is 4.73. The van der Waals surface area contributed by atoms with Crippen molar-refractivity contribution in [3.05, 3.63) is 18.0 Å². The van der Waals surface area contributed by atoms with Gasteiger partial charge in [0.15, 0.2) is 0 Å². The van der Waals surface area contributed by atoms with Crippen molar-refractivity contribution in [2.24, 2.45) is 7.05 Å². The van der Waals surface area contributed by atoms with Crippen molar-refractivity contribution in [2.75, 3.05) is 6.54 Å². The van der Waals surface area contributed by atoms with E-state index in [0.717, 1.165) is 25.9 Å². The Morgan fingerprint density at radius 3 is 3.07 bits per heavy atom. The van der Waals surface area contributed by atoms with Gasteiger partial charge in [-0.25, -0.2) is 0 Å². The second-order valence-electron chi connectivity index (χ2n) is 3.31. The Balaban J connectivity index is 2.02. The van der Waals surface area contributed by atoms with Crippen LogP contribution in [-0.4, -0.2) is 16.3 Å². The lowest BCUT2D eigenvalue weighted by atomic mass is 10.2. The van der Waals surface area contributed by atoms with Gasteiger partial charge in [0.2, 0.25) is 0 Å². The molecule has 0 saturated heterocycles. The summed E-state index contributed by atoms with van der Waals surface area (Å²) in [5.41, 5.74) is 1.20. The molecule has 0 aliphatic rings. The normalized spacial score (nSPS) is 10.0. The van der Waals surface area contributed by atoms with Crippen LogP contribution >= 0.6 is 0 Å². The summed E-state index contributed by atoms with van der Waals surface area (Å²) in [5.74, 6) is 0. The average Bonchev–Trinajstić information content (AvgIpc) is 2.58. The van der Waals surface area contributed by atoms with Crippen LogP contribution in [-0.2, 0) is 13.6 Å². The van der Waals surface area contributed by atoms with Gasteiger partial charge in [0.05, 0.1) is 12.3 Å². The zero-order valence-corrected chi connectivity index (χ0v) is 8.53. The fourth-order valence-corrected chi connectivity index (χ4v) is 1.25. The van der Waals surface area contributed by atoms with Gasteiger partial charge in [-0.3, -0.25) is 4.68 Å². The average molecular weight is 192 g/mol. The summed E-state index contributed by atoms with van der Waals surface area (Å²) in [7, 11) is 1.91. The summed E-state index contributed by atoms with van der Waals surface area (Å²) in [5, 5.41) is 15.7. The maximum absolute atomic E-state index is 8.32. The fourth-order valence-electron chi connectivity index (χ4n) is 1.25. The predicted molar refractivity (Wildman–Crippen MR) is 54.4 cm³/mol. The van der Waals surface area contributed by atoms with Gasteiger partial charge in [0.25, 0.3) is 0 Å². The third-order valence-corrected chi connectivity index (χ3v) is 1.98. The molecule has 0 bridgehead atoms. The highest BCUT2D eigenvalue weighted by atomic mass is 15.2. The summed E-state index contributed by atoms with van der Waals surface area (Å²) in [6, 6.07) is 2.14. The molecular formula is C10H16N4. The molecule has 4 heteroatoms. The van der Waals surface area contributed by atoms with Gasteiger partial charge in [0, 0.05) is 31.8 Å². The lowest BCUT2D eigenvalue weighted by molar-refractivity contribution is 0.628. The Morgan fingerprint density at radius 1 is 1.57 bits per heavy atom. The van der Waals surface area contributed by atoms with Gasteiger partial charge in [-0.1, -0.05) is 0 Å². The number of aromatic nitrogens is 2. The van der Waals surface area contributed by atoms with Crippen molar-refractivity contribution in [2.45, 2.75) is 25.8 Å². The molecule has 0 atom stereocenters. The van der Waals surface area contributed by atoms with Crippen molar-refractivity contribution >= 4 is 0 Å². The monoisotopic (exact) mass is 192 g/mol. The SMILES string of the molecule is Cn1cc(CNCCCCC#N)cn1. The third-order valence-electron chi connectivity index (χ3n) is 1.98. The molecule has 1 heterocycles. The second-order valence-corrected chi connectivity index (χ2v) is 3.31. The maximum atomic E-state index is 8.32. The number of nitriles is 1. The van der Waals surface area contributed by atoms with Crippen molar-refractivity contribution in [1.29, 1.82) is 5.26 Å². The van der Waals surface area contributed by atoms with Crippen LogP contribution in [0.2, 0.25) is 0 Å². The second kappa shape index (κ2) is 6.17. The van der Waals surface area contributed by atoms with E-state index in [1.807, 2.05) is 19.4 Å². The molecule has 0 aliphatic carbocycles. The zero-order chi connectivity index (χ0) is 10.2. The number of hydrogen-bond acceptors (Lipinski definition) is 3. The predicted octanol–water partition coefficient (Wildman–Crippen LogP) is 1.20. The Morgan fingerprint density at radius 2 is 2.43 bits per heavy atom. The molecule has 1 aromatic heterocycles. The number of nitrogens with zero attached hydrogens (tertiary/aromatic N) is 3. The van der Waals surface area contributed by atoms with Gasteiger partial charge < -0.3 is 5.32 Å². The van der Waals surface area contributed by atoms with Crippen LogP contribution in [0, 0.1) is 11.3 Å². The molecule has 76 valence electrons. The first-order valence-corrected chi connectivity index (χ1v) is 4.88. The Labute approximate surface area is 84.5 Å². The zero-order valence-electron chi connectivity index (χ0n) is 8.53.